The van der Waals surface area contributed by atoms with Crippen LogP contribution in [0.3, 0.4) is 0 Å². The Labute approximate surface area is 160 Å². The van der Waals surface area contributed by atoms with Gasteiger partial charge in [-0.1, -0.05) is 30.3 Å². The molecule has 0 saturated heterocycles. The van der Waals surface area contributed by atoms with Gasteiger partial charge in [-0.15, -0.1) is 0 Å². The van der Waals surface area contributed by atoms with E-state index in [-0.39, 0.29) is 13.0 Å². The molecule has 8 heteroatoms. The van der Waals surface area contributed by atoms with Crippen LogP contribution in [0.1, 0.15) is 23.6 Å². The van der Waals surface area contributed by atoms with Crippen molar-refractivity contribution >= 4 is 23.4 Å². The number of hydrogen-bond acceptors (Lipinski definition) is 4. The van der Waals surface area contributed by atoms with Gasteiger partial charge < -0.3 is 20.1 Å². The summed E-state index contributed by atoms with van der Waals surface area (Å²) in [6, 6.07) is 12.1. The lowest BCUT2D eigenvalue weighted by molar-refractivity contribution is 0.0630. The van der Waals surface area contributed by atoms with E-state index in [1.54, 1.807) is 18.2 Å². The maximum atomic E-state index is 13.7. The minimum absolute atomic E-state index is 0.0811. The Morgan fingerprint density at radius 1 is 1.30 bits per heavy atom. The van der Waals surface area contributed by atoms with E-state index in [9.17, 15) is 13.6 Å². The van der Waals surface area contributed by atoms with E-state index in [1.165, 1.54) is 7.11 Å². The number of alkyl halides is 3. The molecular formula is C19H19ClF2N2O3. The van der Waals surface area contributed by atoms with Gasteiger partial charge in [0.05, 0.1) is 13.2 Å². The van der Waals surface area contributed by atoms with Crippen molar-refractivity contribution in [2.45, 2.75) is 30.5 Å². The number of benzene rings is 2. The summed E-state index contributed by atoms with van der Waals surface area (Å²) in [7, 11) is 1.50. The zero-order valence-electron chi connectivity index (χ0n) is 14.5. The summed E-state index contributed by atoms with van der Waals surface area (Å²) in [5.41, 5.74) is 1.91. The predicted octanol–water partition coefficient (Wildman–Crippen LogP) is 4.68. The second-order valence-electron chi connectivity index (χ2n) is 6.19. The molecule has 0 aliphatic carbocycles. The van der Waals surface area contributed by atoms with Gasteiger partial charge in [-0.25, -0.2) is 4.79 Å². The Kier molecular flexibility index (Phi) is 5.70. The van der Waals surface area contributed by atoms with Gasteiger partial charge >= 0.3 is 11.5 Å². The van der Waals surface area contributed by atoms with Crippen LogP contribution in [0, 0.1) is 0 Å². The molecule has 1 aliphatic heterocycles. The molecule has 27 heavy (non-hydrogen) atoms. The van der Waals surface area contributed by atoms with E-state index < -0.39 is 23.6 Å². The average Bonchev–Trinajstić information content (AvgIpc) is 2.66. The summed E-state index contributed by atoms with van der Waals surface area (Å²) in [6.45, 7) is 0.0811. The average molecular weight is 397 g/mol. The van der Waals surface area contributed by atoms with Crippen LogP contribution < -0.4 is 15.4 Å². The molecule has 0 saturated carbocycles. The first-order valence-corrected chi connectivity index (χ1v) is 8.73. The number of fused-ring (bicyclic) bond motifs is 1. The first-order chi connectivity index (χ1) is 12.9. The number of hydrogen-bond donors (Lipinski definition) is 2. The third-order valence-corrected chi connectivity index (χ3v) is 4.60. The van der Waals surface area contributed by atoms with E-state index in [4.69, 9.17) is 21.1 Å². The van der Waals surface area contributed by atoms with Crippen molar-refractivity contribution in [1.82, 2.24) is 5.32 Å². The molecule has 1 aliphatic rings. The molecule has 5 nitrogen and oxygen atoms in total. The number of methoxy groups -OCH3 is 1. The van der Waals surface area contributed by atoms with Crippen molar-refractivity contribution < 1.29 is 23.0 Å². The Hall–Kier alpha value is -2.54. The molecule has 0 radical (unpaired) electrons. The number of amides is 1. The Morgan fingerprint density at radius 3 is 2.70 bits per heavy atom. The van der Waals surface area contributed by atoms with Crippen LogP contribution in [0.2, 0.25) is 0 Å². The zero-order valence-corrected chi connectivity index (χ0v) is 15.3. The summed E-state index contributed by atoms with van der Waals surface area (Å²) in [5.74, 6) is 0.552. The lowest BCUT2D eigenvalue weighted by Gasteiger charge is -2.35. The molecular weight excluding hydrogens is 378 g/mol. The van der Waals surface area contributed by atoms with E-state index >= 15 is 0 Å². The number of carbonyl (C=O) groups is 1. The molecule has 0 aromatic heterocycles. The third kappa shape index (κ3) is 4.80. The second kappa shape index (κ2) is 8.00. The Balaban J connectivity index is 1.75. The van der Waals surface area contributed by atoms with Crippen LogP contribution in [0.5, 0.6) is 5.75 Å². The van der Waals surface area contributed by atoms with Crippen molar-refractivity contribution in [3.63, 3.8) is 0 Å². The lowest BCUT2D eigenvalue weighted by atomic mass is 9.92. The van der Waals surface area contributed by atoms with Crippen molar-refractivity contribution in [2.24, 2.45) is 0 Å². The molecule has 2 aromatic carbocycles. The number of halogens is 3. The Morgan fingerprint density at radius 2 is 2.04 bits per heavy atom. The summed E-state index contributed by atoms with van der Waals surface area (Å²) in [6.07, 6.45) is -0.798. The summed E-state index contributed by atoms with van der Waals surface area (Å²) < 4.78 is 37.7. The zero-order chi connectivity index (χ0) is 19.4. The van der Waals surface area contributed by atoms with Crippen LogP contribution >= 0.6 is 11.6 Å². The van der Waals surface area contributed by atoms with Gasteiger partial charge in [0.2, 0.25) is 0 Å². The molecule has 1 heterocycles. The van der Waals surface area contributed by atoms with Crippen LogP contribution in [0.25, 0.3) is 0 Å². The fourth-order valence-corrected chi connectivity index (χ4v) is 3.10. The van der Waals surface area contributed by atoms with Crippen molar-refractivity contribution in [2.75, 3.05) is 12.4 Å². The number of carbonyl (C=O) groups excluding carboxylic acids is 1. The first kappa shape index (κ1) is 19.2. The van der Waals surface area contributed by atoms with Gasteiger partial charge in [-0.2, -0.15) is 8.78 Å². The van der Waals surface area contributed by atoms with Gasteiger partial charge in [0.1, 0.15) is 18.4 Å². The third-order valence-electron chi connectivity index (χ3n) is 4.34. The van der Waals surface area contributed by atoms with E-state index in [0.717, 1.165) is 5.56 Å². The predicted molar refractivity (Wildman–Crippen MR) is 98.3 cm³/mol. The minimum Gasteiger partial charge on any atom is -0.497 e. The van der Waals surface area contributed by atoms with Gasteiger partial charge in [-0.05, 0) is 41.8 Å². The van der Waals surface area contributed by atoms with Crippen LogP contribution in [-0.2, 0) is 11.3 Å². The maximum absolute atomic E-state index is 13.7. The number of nitrogens with one attached hydrogen (secondary N) is 2. The van der Waals surface area contributed by atoms with Crippen LogP contribution in [0.15, 0.2) is 48.5 Å². The number of rotatable bonds is 5. The molecule has 2 atom stereocenters. The fraction of sp³-hybridized carbons (Fsp3) is 0.316. The van der Waals surface area contributed by atoms with Gasteiger partial charge in [0, 0.05) is 11.3 Å². The van der Waals surface area contributed by atoms with Crippen molar-refractivity contribution in [3.05, 3.63) is 59.7 Å². The number of alkyl carbamates (subject to hydrolysis) is 1. The van der Waals surface area contributed by atoms with Gasteiger partial charge in [0.25, 0.3) is 0 Å². The highest BCUT2D eigenvalue weighted by atomic mass is 35.5. The van der Waals surface area contributed by atoms with Gasteiger partial charge in [0.15, 0.2) is 0 Å². The quantitative estimate of drug-likeness (QED) is 0.720. The SMILES string of the molecule is COc1ccc2c(c1)[C@@H](NC(=O)OCc1ccccc1)C[C@@H](C(F)(F)Cl)N2. The molecule has 1 amide bonds. The summed E-state index contributed by atoms with van der Waals surface area (Å²) in [4.78, 5) is 12.2. The van der Waals surface area contributed by atoms with E-state index in [2.05, 4.69) is 10.6 Å². The highest BCUT2D eigenvalue weighted by Crippen LogP contribution is 2.40. The number of anilines is 1. The topological polar surface area (TPSA) is 59.6 Å². The largest absolute Gasteiger partial charge is 0.497 e. The molecule has 2 aromatic rings. The standard InChI is InChI=1S/C19H19ClF2N2O3/c1-26-13-7-8-15-14(9-13)16(10-17(23-15)19(20,21)22)24-18(25)27-11-12-5-3-2-4-6-12/h2-9,16-17,23H,10-11H2,1H3,(H,24,25)/t16-,17-/m0/s1. The normalized spacial score (nSPS) is 18.8. The minimum atomic E-state index is -3.47. The van der Waals surface area contributed by atoms with Crippen LogP contribution in [0.4, 0.5) is 19.3 Å². The summed E-state index contributed by atoms with van der Waals surface area (Å²) >= 11 is 5.22. The smallest absolute Gasteiger partial charge is 0.407 e. The fourth-order valence-electron chi connectivity index (χ4n) is 2.96. The van der Waals surface area contributed by atoms with E-state index in [1.807, 2.05) is 30.3 Å². The molecule has 0 unspecified atom stereocenters. The van der Waals surface area contributed by atoms with Gasteiger partial charge in [-0.3, -0.25) is 0 Å². The molecule has 3 rings (SSSR count). The van der Waals surface area contributed by atoms with Crippen molar-refractivity contribution in [3.8, 4) is 5.75 Å². The molecule has 0 fully saturated rings. The summed E-state index contributed by atoms with van der Waals surface area (Å²) in [5, 5.41) is 1.90. The second-order valence-corrected chi connectivity index (χ2v) is 6.69. The number of ether oxygens (including phenoxy) is 2. The highest BCUT2D eigenvalue weighted by molar-refractivity contribution is 6.22. The monoisotopic (exact) mass is 396 g/mol. The molecule has 0 spiro atoms. The lowest BCUT2D eigenvalue weighted by Crippen LogP contribution is -2.44. The maximum Gasteiger partial charge on any atom is 0.407 e. The molecule has 144 valence electrons. The molecule has 0 bridgehead atoms. The highest BCUT2D eigenvalue weighted by Gasteiger charge is 2.42. The van der Waals surface area contributed by atoms with E-state index in [0.29, 0.717) is 17.0 Å². The van der Waals surface area contributed by atoms with Crippen LogP contribution in [-0.4, -0.2) is 24.6 Å². The molecule has 2 N–H and O–H groups in total. The first-order valence-electron chi connectivity index (χ1n) is 8.35. The van der Waals surface area contributed by atoms with Crippen molar-refractivity contribution in [1.29, 1.82) is 0 Å². The Bertz CT molecular complexity index is 799.